The molecule has 0 aliphatic heterocycles. The van der Waals surface area contributed by atoms with Gasteiger partial charge < -0.3 is 3.44 Å². The maximum Gasteiger partial charge on any atom is 0.514 e. The molecule has 11 heavy (non-hydrogen) atoms. The van der Waals surface area contributed by atoms with E-state index >= 15 is 0 Å². The number of hydrogen-bond acceptors (Lipinski definition) is 2. The molecule has 0 unspecified atom stereocenters. The van der Waals surface area contributed by atoms with Crippen LogP contribution in [0.2, 0.25) is 0 Å². The van der Waals surface area contributed by atoms with Gasteiger partial charge in [0.2, 0.25) is 0 Å². The van der Waals surface area contributed by atoms with E-state index in [9.17, 15) is 3.44 Å². The molecule has 0 aromatic heterocycles. The Bertz CT molecular complexity index is 208. The Hall–Kier alpha value is -0.290. The van der Waals surface area contributed by atoms with Gasteiger partial charge in [-0.15, -0.1) is 0 Å². The summed E-state index contributed by atoms with van der Waals surface area (Å²) in [6.07, 6.45) is 1.02. The fourth-order valence-corrected chi connectivity index (χ4v) is 1.31. The highest BCUT2D eigenvalue weighted by Crippen LogP contribution is 2.09. The van der Waals surface area contributed by atoms with E-state index in [2.05, 4.69) is 6.92 Å². The first-order valence-electron chi connectivity index (χ1n) is 3.39. The molecule has 0 aliphatic carbocycles. The van der Waals surface area contributed by atoms with Crippen molar-refractivity contribution in [3.05, 3.63) is 29.8 Å². The van der Waals surface area contributed by atoms with Gasteiger partial charge in [-0.3, -0.25) is 3.07 Å². The lowest BCUT2D eigenvalue weighted by molar-refractivity contribution is -1.25. The third-order valence-corrected chi connectivity index (χ3v) is 2.14. The number of hydrogen-bond donors (Lipinski definition) is 0. The zero-order valence-corrected chi connectivity index (χ0v) is 8.37. The molecule has 1 rings (SSSR count). The average molecular weight is 264 g/mol. The predicted octanol–water partition coefficient (Wildman–Crippen LogP) is -2.09. The standard InChI is InChI=1S/C8H9IO2/c1-2-7-3-5-8(6-4-7)11-9-10/h3-6H,2H2,1H3. The molecule has 1 aromatic carbocycles. The lowest BCUT2D eigenvalue weighted by Crippen LogP contribution is -3.72. The monoisotopic (exact) mass is 264 g/mol. The summed E-state index contributed by atoms with van der Waals surface area (Å²) >= 11 is -1.34. The van der Waals surface area contributed by atoms with Crippen LogP contribution in [-0.4, -0.2) is 0 Å². The van der Waals surface area contributed by atoms with E-state index in [0.717, 1.165) is 6.42 Å². The zero-order valence-electron chi connectivity index (χ0n) is 6.21. The molecule has 0 amide bonds. The van der Waals surface area contributed by atoms with Crippen molar-refractivity contribution < 1.29 is 28.5 Å². The van der Waals surface area contributed by atoms with Gasteiger partial charge >= 0.3 is 22.0 Å². The molecule has 0 aliphatic rings. The van der Waals surface area contributed by atoms with E-state index in [1.165, 1.54) is 5.56 Å². The van der Waals surface area contributed by atoms with Crippen LogP contribution >= 0.6 is 0 Å². The van der Waals surface area contributed by atoms with Gasteiger partial charge in [0.25, 0.3) is 0 Å². The van der Waals surface area contributed by atoms with Gasteiger partial charge in [-0.1, -0.05) is 19.1 Å². The van der Waals surface area contributed by atoms with Gasteiger partial charge in [0.05, 0.1) is 0 Å². The summed E-state index contributed by atoms with van der Waals surface area (Å²) in [5.41, 5.74) is 1.27. The quantitative estimate of drug-likeness (QED) is 0.586. The second kappa shape index (κ2) is 4.56. The molecule has 0 spiro atoms. The van der Waals surface area contributed by atoms with Crippen LogP contribution in [0.5, 0.6) is 5.75 Å². The Balaban J connectivity index is 2.66. The maximum atomic E-state index is 10.1. The van der Waals surface area contributed by atoms with Gasteiger partial charge in [-0.05, 0) is 24.1 Å². The summed E-state index contributed by atoms with van der Waals surface area (Å²) in [5.74, 6) is 0.699. The molecule has 3 heteroatoms. The summed E-state index contributed by atoms with van der Waals surface area (Å²) in [6.45, 7) is 2.09. The lowest BCUT2D eigenvalue weighted by Gasteiger charge is -1.95. The number of halogens is 1. The normalized spacial score (nSPS) is 9.64. The van der Waals surface area contributed by atoms with E-state index in [4.69, 9.17) is 3.07 Å². The zero-order chi connectivity index (χ0) is 8.10. The number of rotatable bonds is 3. The van der Waals surface area contributed by atoms with Crippen molar-refractivity contribution in [1.82, 2.24) is 0 Å². The van der Waals surface area contributed by atoms with Crippen molar-refractivity contribution in [3.8, 4) is 5.75 Å². The molecular weight excluding hydrogens is 255 g/mol. The van der Waals surface area contributed by atoms with Crippen molar-refractivity contribution in [2.45, 2.75) is 13.3 Å². The van der Waals surface area contributed by atoms with E-state index in [1.807, 2.05) is 24.3 Å². The van der Waals surface area contributed by atoms with E-state index in [1.54, 1.807) is 0 Å². The van der Waals surface area contributed by atoms with Gasteiger partial charge in [0, 0.05) is 0 Å². The molecule has 0 bridgehead atoms. The Morgan fingerprint density at radius 1 is 1.36 bits per heavy atom. The molecule has 1 aromatic rings. The maximum absolute atomic E-state index is 10.1. The highest BCUT2D eigenvalue weighted by molar-refractivity contribution is 5.26. The summed E-state index contributed by atoms with van der Waals surface area (Å²) in [6, 6.07) is 7.65. The molecule has 60 valence electrons. The highest BCUT2D eigenvalue weighted by atomic mass is 127. The molecular formula is C8H9IO2. The Morgan fingerprint density at radius 3 is 2.45 bits per heavy atom. The molecule has 0 heterocycles. The fourth-order valence-electron chi connectivity index (χ4n) is 0.813. The summed E-state index contributed by atoms with van der Waals surface area (Å²) in [5, 5.41) is 0. The van der Waals surface area contributed by atoms with Crippen LogP contribution in [0.1, 0.15) is 12.5 Å². The van der Waals surface area contributed by atoms with Crippen LogP contribution in [0.4, 0.5) is 0 Å². The summed E-state index contributed by atoms with van der Waals surface area (Å²) in [4.78, 5) is 0. The molecule has 0 fully saturated rings. The molecule has 0 saturated carbocycles. The van der Waals surface area contributed by atoms with Crippen LogP contribution < -0.4 is 28.5 Å². The van der Waals surface area contributed by atoms with Crippen LogP contribution in [0.25, 0.3) is 0 Å². The van der Waals surface area contributed by atoms with Gasteiger partial charge in [-0.2, -0.15) is 0 Å². The van der Waals surface area contributed by atoms with E-state index in [0.29, 0.717) is 5.75 Å². The lowest BCUT2D eigenvalue weighted by atomic mass is 10.2. The van der Waals surface area contributed by atoms with Gasteiger partial charge in [0.1, 0.15) is 0 Å². The van der Waals surface area contributed by atoms with Crippen molar-refractivity contribution in [1.29, 1.82) is 0 Å². The van der Waals surface area contributed by atoms with E-state index in [-0.39, 0.29) is 0 Å². The minimum absolute atomic E-state index is 0.699. The topological polar surface area (TPSA) is 32.3 Å². The molecule has 0 atom stereocenters. The first-order valence-corrected chi connectivity index (χ1v) is 5.16. The minimum atomic E-state index is -1.34. The van der Waals surface area contributed by atoms with Crippen LogP contribution in [-0.2, 0) is 6.42 Å². The van der Waals surface area contributed by atoms with Crippen LogP contribution in [0.3, 0.4) is 0 Å². The summed E-state index contributed by atoms with van der Waals surface area (Å²) < 4.78 is 15.0. The molecule has 0 N–H and O–H groups in total. The minimum Gasteiger partial charge on any atom is -0.558 e. The van der Waals surface area contributed by atoms with Gasteiger partial charge in [0.15, 0.2) is 5.75 Å². The largest absolute Gasteiger partial charge is 0.558 e. The van der Waals surface area contributed by atoms with E-state index < -0.39 is 22.0 Å². The number of benzene rings is 1. The Labute approximate surface area is 77.6 Å². The first kappa shape index (κ1) is 8.80. The number of aryl methyl sites for hydroxylation is 1. The van der Waals surface area contributed by atoms with Crippen molar-refractivity contribution in [3.63, 3.8) is 0 Å². The molecule has 0 saturated heterocycles. The van der Waals surface area contributed by atoms with Crippen LogP contribution in [0.15, 0.2) is 24.3 Å². The molecule has 0 radical (unpaired) electrons. The van der Waals surface area contributed by atoms with Gasteiger partial charge in [-0.25, -0.2) is 0 Å². The Kier molecular flexibility index (Phi) is 3.65. The fraction of sp³-hybridized carbons (Fsp3) is 0.250. The smallest absolute Gasteiger partial charge is 0.514 e. The Morgan fingerprint density at radius 2 is 2.00 bits per heavy atom. The van der Waals surface area contributed by atoms with Crippen molar-refractivity contribution in [2.75, 3.05) is 0 Å². The first-order chi connectivity index (χ1) is 5.36. The average Bonchev–Trinajstić information content (AvgIpc) is 2.07. The van der Waals surface area contributed by atoms with Crippen molar-refractivity contribution >= 4 is 0 Å². The SMILES string of the molecule is CCc1ccc(O[I+][O-])cc1. The van der Waals surface area contributed by atoms with Crippen LogP contribution in [0, 0.1) is 0 Å². The third kappa shape index (κ3) is 2.67. The second-order valence-corrected chi connectivity index (χ2v) is 2.94. The molecule has 2 nitrogen and oxygen atoms in total. The van der Waals surface area contributed by atoms with Crippen molar-refractivity contribution in [2.24, 2.45) is 0 Å². The summed E-state index contributed by atoms with van der Waals surface area (Å²) in [7, 11) is 0. The highest BCUT2D eigenvalue weighted by Gasteiger charge is 1.97. The third-order valence-electron chi connectivity index (χ3n) is 1.45. The second-order valence-electron chi connectivity index (χ2n) is 2.14. The predicted molar refractivity (Wildman–Crippen MR) is 36.4 cm³/mol.